The first-order valence-corrected chi connectivity index (χ1v) is 15.8. The molecule has 0 unspecified atom stereocenters. The summed E-state index contributed by atoms with van der Waals surface area (Å²) in [4.78, 5) is 28.1. The van der Waals surface area contributed by atoms with E-state index in [0.717, 1.165) is 37.5 Å². The zero-order valence-corrected chi connectivity index (χ0v) is 25.0. The van der Waals surface area contributed by atoms with E-state index in [1.165, 1.54) is 9.21 Å². The molecule has 1 atom stereocenters. The second-order valence-electron chi connectivity index (χ2n) is 9.80. The summed E-state index contributed by atoms with van der Waals surface area (Å²) in [5, 5.41) is 3.84. The van der Waals surface area contributed by atoms with E-state index in [4.69, 9.17) is 27.9 Å². The highest BCUT2D eigenvalue weighted by Gasteiger charge is 2.29. The van der Waals surface area contributed by atoms with Crippen LogP contribution in [0.3, 0.4) is 0 Å². The van der Waals surface area contributed by atoms with Crippen LogP contribution >= 0.6 is 23.2 Å². The van der Waals surface area contributed by atoms with Gasteiger partial charge in [-0.05, 0) is 75.1 Å². The number of amides is 2. The minimum atomic E-state index is -3.59. The summed E-state index contributed by atoms with van der Waals surface area (Å²) in [5.41, 5.74) is 1.23. The Bertz CT molecular complexity index is 1230. The Morgan fingerprint density at radius 2 is 1.74 bits per heavy atom. The third-order valence-electron chi connectivity index (χ3n) is 6.79. The highest BCUT2D eigenvalue weighted by atomic mass is 35.5. The monoisotopic (exact) mass is 597 g/mol. The SMILES string of the molecule is CCOc1ccc(N(CCCC(=O)N(Cc2ccc(Cl)c(Cl)c2)[C@H](C)C(=O)NC2CCCC2)S(C)(=O)=O)cc1. The van der Waals surface area contributed by atoms with Gasteiger partial charge in [0.25, 0.3) is 0 Å². The van der Waals surface area contributed by atoms with E-state index in [1.807, 2.05) is 6.92 Å². The highest BCUT2D eigenvalue weighted by molar-refractivity contribution is 7.92. The molecule has 1 aliphatic carbocycles. The summed E-state index contributed by atoms with van der Waals surface area (Å²) in [7, 11) is -3.59. The van der Waals surface area contributed by atoms with Crippen LogP contribution in [0.5, 0.6) is 5.75 Å². The van der Waals surface area contributed by atoms with Crippen molar-refractivity contribution >= 4 is 50.7 Å². The summed E-state index contributed by atoms with van der Waals surface area (Å²) in [6.45, 7) is 4.37. The first-order chi connectivity index (χ1) is 18.5. The Kier molecular flexibility index (Phi) is 11.3. The molecule has 39 heavy (non-hydrogen) atoms. The second kappa shape index (κ2) is 14.2. The number of anilines is 1. The molecular weight excluding hydrogens is 561 g/mol. The minimum absolute atomic E-state index is 0.0609. The first kappa shape index (κ1) is 31.0. The quantitative estimate of drug-likeness (QED) is 0.333. The normalized spacial score (nSPS) is 14.6. The number of carbonyl (C=O) groups is 2. The van der Waals surface area contributed by atoms with E-state index < -0.39 is 16.1 Å². The maximum atomic E-state index is 13.5. The van der Waals surface area contributed by atoms with Gasteiger partial charge in [0.15, 0.2) is 0 Å². The average Bonchev–Trinajstić information content (AvgIpc) is 3.40. The van der Waals surface area contributed by atoms with E-state index in [-0.39, 0.29) is 43.8 Å². The van der Waals surface area contributed by atoms with E-state index >= 15 is 0 Å². The number of nitrogens with zero attached hydrogens (tertiary/aromatic N) is 2. The standard InChI is InChI=1S/C28H37Cl2N3O5S/c1-4-38-24-14-12-23(13-15-24)33(39(3,36)37)17-7-10-27(34)32(19-21-11-16-25(29)26(30)18-21)20(2)28(35)31-22-8-5-6-9-22/h11-16,18,20,22H,4-10,17,19H2,1-3H3,(H,31,35)/t20-/m1/s1. The fraction of sp³-hybridized carbons (Fsp3) is 0.500. The molecule has 1 saturated carbocycles. The lowest BCUT2D eigenvalue weighted by molar-refractivity contribution is -0.141. The number of rotatable bonds is 13. The molecule has 8 nitrogen and oxygen atoms in total. The molecule has 2 amide bonds. The van der Waals surface area contributed by atoms with E-state index in [1.54, 1.807) is 49.4 Å². The molecule has 2 aromatic rings. The van der Waals surface area contributed by atoms with Crippen LogP contribution in [-0.2, 0) is 26.2 Å². The van der Waals surface area contributed by atoms with Crippen molar-refractivity contribution in [3.63, 3.8) is 0 Å². The van der Waals surface area contributed by atoms with Gasteiger partial charge in [-0.3, -0.25) is 13.9 Å². The van der Waals surface area contributed by atoms with Gasteiger partial charge in [0.05, 0.1) is 28.6 Å². The Morgan fingerprint density at radius 3 is 2.33 bits per heavy atom. The van der Waals surface area contributed by atoms with Crippen LogP contribution in [0.25, 0.3) is 0 Å². The number of nitrogens with one attached hydrogen (secondary N) is 1. The van der Waals surface area contributed by atoms with Crippen LogP contribution in [0.1, 0.15) is 57.9 Å². The third-order valence-corrected chi connectivity index (χ3v) is 8.73. The summed E-state index contributed by atoms with van der Waals surface area (Å²) in [6.07, 6.45) is 5.50. The molecule has 0 saturated heterocycles. The largest absolute Gasteiger partial charge is 0.494 e. The lowest BCUT2D eigenvalue weighted by Gasteiger charge is -2.30. The first-order valence-electron chi connectivity index (χ1n) is 13.2. The minimum Gasteiger partial charge on any atom is -0.494 e. The van der Waals surface area contributed by atoms with Crippen molar-refractivity contribution in [1.29, 1.82) is 0 Å². The number of hydrogen-bond acceptors (Lipinski definition) is 5. The molecule has 1 N–H and O–H groups in total. The van der Waals surface area contributed by atoms with Gasteiger partial charge in [0, 0.05) is 25.6 Å². The van der Waals surface area contributed by atoms with Gasteiger partial charge in [-0.2, -0.15) is 0 Å². The predicted molar refractivity (Wildman–Crippen MR) is 156 cm³/mol. The molecule has 1 fully saturated rings. The third kappa shape index (κ3) is 9.01. The van der Waals surface area contributed by atoms with Gasteiger partial charge in [0.1, 0.15) is 11.8 Å². The van der Waals surface area contributed by atoms with Gasteiger partial charge < -0.3 is 15.0 Å². The van der Waals surface area contributed by atoms with Crippen LogP contribution < -0.4 is 14.4 Å². The van der Waals surface area contributed by atoms with Crippen LogP contribution in [-0.4, -0.2) is 56.6 Å². The highest BCUT2D eigenvalue weighted by Crippen LogP contribution is 2.25. The fourth-order valence-corrected chi connectivity index (χ4v) is 5.97. The molecule has 0 heterocycles. The summed E-state index contributed by atoms with van der Waals surface area (Å²) in [6, 6.07) is 11.3. The van der Waals surface area contributed by atoms with Crippen LogP contribution in [0, 0.1) is 0 Å². The molecule has 0 aromatic heterocycles. The molecule has 0 spiro atoms. The Labute approximate surface area is 241 Å². The number of benzene rings is 2. The van der Waals surface area contributed by atoms with Crippen molar-refractivity contribution < 1.29 is 22.7 Å². The van der Waals surface area contributed by atoms with Crippen molar-refractivity contribution in [2.75, 3.05) is 23.7 Å². The number of hydrogen-bond donors (Lipinski definition) is 1. The van der Waals surface area contributed by atoms with Crippen molar-refractivity contribution in [2.45, 2.75) is 71.0 Å². The second-order valence-corrected chi connectivity index (χ2v) is 12.5. The molecule has 0 aliphatic heterocycles. The maximum absolute atomic E-state index is 13.5. The molecule has 1 aliphatic rings. The van der Waals surface area contributed by atoms with Crippen molar-refractivity contribution in [3.05, 3.63) is 58.1 Å². The van der Waals surface area contributed by atoms with Crippen molar-refractivity contribution in [1.82, 2.24) is 10.2 Å². The smallest absolute Gasteiger partial charge is 0.242 e. The molecule has 214 valence electrons. The van der Waals surface area contributed by atoms with E-state index in [2.05, 4.69) is 5.32 Å². The van der Waals surface area contributed by atoms with E-state index in [0.29, 0.717) is 28.1 Å². The average molecular weight is 599 g/mol. The van der Waals surface area contributed by atoms with Gasteiger partial charge in [0.2, 0.25) is 21.8 Å². The summed E-state index contributed by atoms with van der Waals surface area (Å²) in [5.74, 6) is 0.186. The van der Waals surface area contributed by atoms with Crippen LogP contribution in [0.4, 0.5) is 5.69 Å². The predicted octanol–water partition coefficient (Wildman–Crippen LogP) is 5.41. The molecular formula is C28H37Cl2N3O5S. The van der Waals surface area contributed by atoms with Crippen LogP contribution in [0.15, 0.2) is 42.5 Å². The number of carbonyl (C=O) groups excluding carboxylic acids is 2. The van der Waals surface area contributed by atoms with Gasteiger partial charge in [-0.25, -0.2) is 8.42 Å². The Morgan fingerprint density at radius 1 is 1.08 bits per heavy atom. The topological polar surface area (TPSA) is 96.0 Å². The molecule has 0 radical (unpaired) electrons. The van der Waals surface area contributed by atoms with Crippen molar-refractivity contribution in [2.24, 2.45) is 0 Å². The van der Waals surface area contributed by atoms with Gasteiger partial charge in [-0.1, -0.05) is 42.1 Å². The van der Waals surface area contributed by atoms with Gasteiger partial charge >= 0.3 is 0 Å². The zero-order chi connectivity index (χ0) is 28.6. The molecule has 2 aromatic carbocycles. The van der Waals surface area contributed by atoms with Gasteiger partial charge in [-0.15, -0.1) is 0 Å². The lowest BCUT2D eigenvalue weighted by Crippen LogP contribution is -2.49. The fourth-order valence-electron chi connectivity index (χ4n) is 4.69. The summed E-state index contributed by atoms with van der Waals surface area (Å²) < 4.78 is 31.8. The zero-order valence-electron chi connectivity index (χ0n) is 22.7. The molecule has 0 bridgehead atoms. The maximum Gasteiger partial charge on any atom is 0.242 e. The van der Waals surface area contributed by atoms with Crippen molar-refractivity contribution in [3.8, 4) is 5.75 Å². The molecule has 3 rings (SSSR count). The number of ether oxygens (including phenoxy) is 1. The Balaban J connectivity index is 1.72. The van der Waals surface area contributed by atoms with E-state index in [9.17, 15) is 18.0 Å². The summed E-state index contributed by atoms with van der Waals surface area (Å²) >= 11 is 12.3. The number of sulfonamides is 1. The number of halogens is 2. The lowest BCUT2D eigenvalue weighted by atomic mass is 10.1. The van der Waals surface area contributed by atoms with Crippen LogP contribution in [0.2, 0.25) is 10.0 Å². The Hall–Kier alpha value is -2.49. The molecule has 11 heteroatoms.